The van der Waals surface area contributed by atoms with Crippen LogP contribution in [0.3, 0.4) is 0 Å². The molecule has 4 bridgehead atoms. The first-order valence-electron chi connectivity index (χ1n) is 14.8. The van der Waals surface area contributed by atoms with Crippen LogP contribution < -0.4 is 0 Å². The van der Waals surface area contributed by atoms with Crippen LogP contribution in [0.5, 0.6) is 0 Å². The Labute approximate surface area is 260 Å². The number of alkyl halides is 2. The number of hydrogen-bond acceptors (Lipinski definition) is 6. The number of carbonyl (C=O) groups is 1. The summed E-state index contributed by atoms with van der Waals surface area (Å²) in [6, 6.07) is 26.8. The summed E-state index contributed by atoms with van der Waals surface area (Å²) in [6.07, 6.45) is 4.00. The zero-order valence-electron chi connectivity index (χ0n) is 25.1. The molecular weight excluding hydrogens is 606 g/mol. The van der Waals surface area contributed by atoms with Crippen molar-refractivity contribution in [3.05, 3.63) is 89.5 Å². The highest BCUT2D eigenvalue weighted by Crippen LogP contribution is 2.61. The Balaban J connectivity index is 0.000000175. The Morgan fingerprint density at radius 1 is 0.841 bits per heavy atom. The Morgan fingerprint density at radius 2 is 1.23 bits per heavy atom. The molecule has 44 heavy (non-hydrogen) atoms. The fourth-order valence-electron chi connectivity index (χ4n) is 7.41. The molecule has 236 valence electrons. The lowest BCUT2D eigenvalue weighted by Crippen LogP contribution is -2.57. The number of carbonyl (C=O) groups excluding carboxylic acids is 1. The lowest BCUT2D eigenvalue weighted by Gasteiger charge is -2.59. The van der Waals surface area contributed by atoms with Gasteiger partial charge in [-0.1, -0.05) is 53.1 Å². The molecule has 4 aliphatic carbocycles. The Bertz CT molecular complexity index is 1470. The van der Waals surface area contributed by atoms with Crippen molar-refractivity contribution in [1.29, 1.82) is 0 Å². The highest BCUT2D eigenvalue weighted by Gasteiger charge is 2.58. The highest BCUT2D eigenvalue weighted by atomic mass is 32.2. The van der Waals surface area contributed by atoms with Crippen molar-refractivity contribution in [2.24, 2.45) is 17.3 Å². The van der Waals surface area contributed by atoms with Gasteiger partial charge >= 0.3 is 11.2 Å². The highest BCUT2D eigenvalue weighted by molar-refractivity contribution is 7.97. The van der Waals surface area contributed by atoms with E-state index in [-0.39, 0.29) is 29.3 Å². The van der Waals surface area contributed by atoms with Crippen molar-refractivity contribution >= 4 is 27.0 Å². The summed E-state index contributed by atoms with van der Waals surface area (Å²) in [7, 11) is -6.14. The maximum absolute atomic E-state index is 13.1. The molecule has 2 unspecified atom stereocenters. The van der Waals surface area contributed by atoms with Crippen LogP contribution in [0.2, 0.25) is 0 Å². The van der Waals surface area contributed by atoms with Crippen molar-refractivity contribution in [3.8, 4) is 0 Å². The number of benzene rings is 3. The van der Waals surface area contributed by atoms with Gasteiger partial charge in [0.05, 0.1) is 23.1 Å². The minimum absolute atomic E-state index is 0.0394. The smallest absolute Gasteiger partial charge is 0.428 e. The second-order valence-electron chi connectivity index (χ2n) is 13.0. The van der Waals surface area contributed by atoms with E-state index in [1.807, 2.05) is 0 Å². The Kier molecular flexibility index (Phi) is 9.03. The normalized spacial score (nSPS) is 25.8. The van der Waals surface area contributed by atoms with E-state index in [9.17, 15) is 31.7 Å². The molecule has 0 aliphatic heterocycles. The van der Waals surface area contributed by atoms with Crippen LogP contribution in [0.25, 0.3) is 0 Å². The lowest BCUT2D eigenvalue weighted by atomic mass is 9.48. The average Bonchev–Trinajstić information content (AvgIpc) is 2.93. The molecule has 0 aromatic heterocycles. The maximum atomic E-state index is 13.1. The number of ether oxygens (including phenoxy) is 1. The van der Waals surface area contributed by atoms with Gasteiger partial charge in [0, 0.05) is 5.41 Å². The van der Waals surface area contributed by atoms with E-state index < -0.39 is 32.4 Å². The zero-order valence-corrected chi connectivity index (χ0v) is 26.7. The van der Waals surface area contributed by atoms with Crippen molar-refractivity contribution in [2.75, 3.05) is 6.61 Å². The first kappa shape index (κ1) is 32.6. The van der Waals surface area contributed by atoms with Gasteiger partial charge in [-0.2, -0.15) is 8.78 Å². The predicted octanol–water partition coefficient (Wildman–Crippen LogP) is 6.71. The summed E-state index contributed by atoms with van der Waals surface area (Å²) in [5.41, 5.74) is 2.49. The van der Waals surface area contributed by atoms with Gasteiger partial charge in [0.2, 0.25) is 0 Å². The summed E-state index contributed by atoms with van der Waals surface area (Å²) < 4.78 is 62.0. The minimum Gasteiger partial charge on any atom is -0.743 e. The standard InChI is InChI=1S/C21H21S.C13H18F2O6S/c1-16-4-10-19(11-5-16)22(20-12-6-17(2)7-13-20)21-14-8-18(3)9-15-21;14-13(15,22(18,19)20)10(16)21-7-11-2-8-1-9(3-11)5-12(17,4-8)6-11/h4-15H,1-3H3;8-9,17H,1-7H2,(H,18,19,20)/q+1;/p-1. The van der Waals surface area contributed by atoms with Crippen LogP contribution in [-0.2, 0) is 30.5 Å². The molecule has 7 rings (SSSR count). The molecule has 3 aromatic carbocycles. The second kappa shape index (κ2) is 12.2. The number of halogens is 2. The van der Waals surface area contributed by atoms with Gasteiger partial charge in [-0.05, 0) is 108 Å². The van der Waals surface area contributed by atoms with Gasteiger partial charge in [0.1, 0.15) is 0 Å². The summed E-state index contributed by atoms with van der Waals surface area (Å²) in [5.74, 6) is -1.78. The third-order valence-electron chi connectivity index (χ3n) is 8.98. The van der Waals surface area contributed by atoms with E-state index in [1.54, 1.807) is 0 Å². The Hall–Kier alpha value is -2.79. The van der Waals surface area contributed by atoms with Crippen molar-refractivity contribution in [2.45, 2.75) is 84.8 Å². The van der Waals surface area contributed by atoms with Gasteiger partial charge in [-0.15, -0.1) is 0 Å². The molecule has 3 aromatic rings. The third-order valence-corrected chi connectivity index (χ3v) is 12.0. The molecule has 0 saturated heterocycles. The first-order valence-corrected chi connectivity index (χ1v) is 17.4. The van der Waals surface area contributed by atoms with Crippen LogP contribution in [0.4, 0.5) is 8.78 Å². The molecule has 4 fully saturated rings. The van der Waals surface area contributed by atoms with E-state index in [1.165, 1.54) is 31.4 Å². The lowest BCUT2D eigenvalue weighted by molar-refractivity contribution is -0.193. The zero-order chi connectivity index (χ0) is 31.9. The van der Waals surface area contributed by atoms with Gasteiger partial charge in [0.25, 0.3) is 0 Å². The van der Waals surface area contributed by atoms with Gasteiger partial charge < -0.3 is 14.4 Å². The molecule has 0 heterocycles. The minimum atomic E-state index is -6.10. The fourth-order valence-corrected chi connectivity index (χ4v) is 9.71. The van der Waals surface area contributed by atoms with Gasteiger partial charge in [-0.25, -0.2) is 13.2 Å². The summed E-state index contributed by atoms with van der Waals surface area (Å²) >= 11 is 0. The van der Waals surface area contributed by atoms with E-state index >= 15 is 0 Å². The molecule has 2 atom stereocenters. The van der Waals surface area contributed by atoms with Crippen molar-refractivity contribution in [1.82, 2.24) is 0 Å². The molecule has 0 amide bonds. The number of aryl methyl sites for hydroxylation is 3. The summed E-state index contributed by atoms with van der Waals surface area (Å²) in [5, 5.41) is 5.41. The largest absolute Gasteiger partial charge is 0.743 e. The topological polar surface area (TPSA) is 104 Å². The van der Waals surface area contributed by atoms with Gasteiger partial charge in [0.15, 0.2) is 24.8 Å². The molecular formula is C34H38F2O6S2. The Morgan fingerprint density at radius 3 is 1.57 bits per heavy atom. The van der Waals surface area contributed by atoms with Crippen molar-refractivity contribution < 1.29 is 36.4 Å². The van der Waals surface area contributed by atoms with Crippen LogP contribution in [0, 0.1) is 38.0 Å². The van der Waals surface area contributed by atoms with Crippen molar-refractivity contribution in [3.63, 3.8) is 0 Å². The van der Waals surface area contributed by atoms with E-state index in [4.69, 9.17) is 0 Å². The average molecular weight is 645 g/mol. The summed E-state index contributed by atoms with van der Waals surface area (Å²) in [6.45, 7) is 6.03. The van der Waals surface area contributed by atoms with Crippen LogP contribution >= 0.6 is 0 Å². The molecule has 4 saturated carbocycles. The van der Waals surface area contributed by atoms with Gasteiger partial charge in [-0.3, -0.25) is 0 Å². The molecule has 1 N–H and O–H groups in total. The van der Waals surface area contributed by atoms with E-state index in [0.29, 0.717) is 32.1 Å². The molecule has 6 nitrogen and oxygen atoms in total. The molecule has 0 radical (unpaired) electrons. The monoisotopic (exact) mass is 644 g/mol. The van der Waals surface area contributed by atoms with E-state index in [2.05, 4.69) is 98.3 Å². The number of aliphatic hydroxyl groups is 1. The number of esters is 1. The third kappa shape index (κ3) is 7.03. The van der Waals surface area contributed by atoms with Crippen LogP contribution in [0.1, 0.15) is 55.2 Å². The van der Waals surface area contributed by atoms with Crippen LogP contribution in [-0.4, -0.2) is 41.5 Å². The predicted molar refractivity (Wildman–Crippen MR) is 163 cm³/mol. The first-order chi connectivity index (χ1) is 20.6. The quantitative estimate of drug-likeness (QED) is 0.174. The fraction of sp³-hybridized carbons (Fsp3) is 0.441. The molecule has 10 heteroatoms. The number of hydrogen-bond donors (Lipinski definition) is 1. The molecule has 4 aliphatic rings. The maximum Gasteiger partial charge on any atom is 0.428 e. The van der Waals surface area contributed by atoms with Crippen LogP contribution in [0.15, 0.2) is 87.5 Å². The molecule has 0 spiro atoms. The SMILES string of the molecule is Cc1ccc([S+](c2ccc(C)cc2)c2ccc(C)cc2)cc1.O=C(OCC12CC3CC(CC(O)(C3)C1)C2)C(F)(F)S(=O)(=O)[O-]. The number of rotatable bonds is 7. The summed E-state index contributed by atoms with van der Waals surface area (Å²) in [4.78, 5) is 15.4. The second-order valence-corrected chi connectivity index (χ2v) is 16.4. The van der Waals surface area contributed by atoms with E-state index in [0.717, 1.165) is 6.42 Å².